The quantitative estimate of drug-likeness (QED) is 0.402. The highest BCUT2D eigenvalue weighted by molar-refractivity contribution is 5.78. The summed E-state index contributed by atoms with van der Waals surface area (Å²) in [7, 11) is 0. The third-order valence-electron chi connectivity index (χ3n) is 9.33. The second-order valence-electron chi connectivity index (χ2n) is 14.5. The van der Waals surface area contributed by atoms with Gasteiger partial charge in [0.2, 0.25) is 5.91 Å². The predicted molar refractivity (Wildman–Crippen MR) is 130 cm³/mol. The molecule has 180 valence electrons. The number of carbonyl (C=O) groups is 1. The van der Waals surface area contributed by atoms with Crippen molar-refractivity contribution in [2.45, 2.75) is 132 Å². The molecular formula is C28H51NO2. The van der Waals surface area contributed by atoms with E-state index in [9.17, 15) is 4.79 Å². The van der Waals surface area contributed by atoms with Crippen molar-refractivity contribution in [1.82, 2.24) is 4.90 Å². The van der Waals surface area contributed by atoms with Crippen LogP contribution in [0.25, 0.3) is 0 Å². The van der Waals surface area contributed by atoms with Crippen molar-refractivity contribution < 1.29 is 9.53 Å². The average molecular weight is 434 g/mol. The number of rotatable bonds is 7. The van der Waals surface area contributed by atoms with Gasteiger partial charge in [-0.05, 0) is 72.0 Å². The van der Waals surface area contributed by atoms with Gasteiger partial charge < -0.3 is 9.64 Å². The minimum absolute atomic E-state index is 0.0388. The van der Waals surface area contributed by atoms with Crippen molar-refractivity contribution in [1.29, 1.82) is 0 Å². The van der Waals surface area contributed by atoms with Crippen LogP contribution in [0.15, 0.2) is 0 Å². The topological polar surface area (TPSA) is 32.8 Å². The van der Waals surface area contributed by atoms with Crippen LogP contribution in [0.5, 0.6) is 0 Å². The summed E-state index contributed by atoms with van der Waals surface area (Å²) in [5.74, 6) is 1.81. The Morgan fingerprint density at radius 1 is 0.935 bits per heavy atom. The van der Waals surface area contributed by atoms with Crippen LogP contribution in [0, 0.1) is 33.5 Å². The van der Waals surface area contributed by atoms with Crippen LogP contribution in [0.4, 0.5) is 0 Å². The Balaban J connectivity index is 1.86. The molecule has 3 rings (SSSR count). The summed E-state index contributed by atoms with van der Waals surface area (Å²) in [4.78, 5) is 15.1. The van der Waals surface area contributed by atoms with Crippen molar-refractivity contribution in [3.8, 4) is 0 Å². The summed E-state index contributed by atoms with van der Waals surface area (Å²) in [5, 5.41) is 0. The van der Waals surface area contributed by atoms with Gasteiger partial charge in [-0.15, -0.1) is 0 Å². The molecule has 0 aromatic carbocycles. The van der Waals surface area contributed by atoms with E-state index in [-0.39, 0.29) is 21.7 Å². The molecule has 5 unspecified atom stereocenters. The Hall–Kier alpha value is -0.570. The molecular weight excluding hydrogens is 382 g/mol. The molecule has 2 aliphatic heterocycles. The van der Waals surface area contributed by atoms with E-state index in [4.69, 9.17) is 4.74 Å². The largest absolute Gasteiger partial charge is 0.370 e. The molecule has 5 atom stereocenters. The Labute approximate surface area is 193 Å². The van der Waals surface area contributed by atoms with Crippen LogP contribution in [0.3, 0.4) is 0 Å². The highest BCUT2D eigenvalue weighted by Gasteiger charge is 2.52. The standard InChI is InChI=1S/C28H51NO2/c1-25(2,3)18-23(29-15-11-12-24(29)30)28(9,10)27(7,8)17-20(26(4,5)6)19-13-14-21-22(16-19)31-21/h19-23H,11-18H2,1-10H3. The Bertz CT molecular complexity index is 651. The fourth-order valence-corrected chi connectivity index (χ4v) is 6.58. The van der Waals surface area contributed by atoms with Crippen LogP contribution in [-0.2, 0) is 9.53 Å². The summed E-state index contributed by atoms with van der Waals surface area (Å²) < 4.78 is 5.90. The molecule has 2 heterocycles. The van der Waals surface area contributed by atoms with Crippen molar-refractivity contribution in [2.75, 3.05) is 6.54 Å². The van der Waals surface area contributed by atoms with Crippen LogP contribution in [0.2, 0.25) is 0 Å². The van der Waals surface area contributed by atoms with Crippen LogP contribution >= 0.6 is 0 Å². The molecule has 31 heavy (non-hydrogen) atoms. The van der Waals surface area contributed by atoms with E-state index < -0.39 is 0 Å². The minimum Gasteiger partial charge on any atom is -0.370 e. The highest BCUT2D eigenvalue weighted by Crippen LogP contribution is 2.55. The molecule has 0 bridgehead atoms. The smallest absolute Gasteiger partial charge is 0.222 e. The Kier molecular flexibility index (Phi) is 6.74. The predicted octanol–water partition coefficient (Wildman–Crippen LogP) is 7.09. The first-order valence-electron chi connectivity index (χ1n) is 13.0. The van der Waals surface area contributed by atoms with Gasteiger partial charge in [-0.2, -0.15) is 0 Å². The number of carbonyl (C=O) groups excluding carboxylic acids is 1. The molecule has 2 saturated heterocycles. The molecule has 3 nitrogen and oxygen atoms in total. The van der Waals surface area contributed by atoms with Gasteiger partial charge >= 0.3 is 0 Å². The van der Waals surface area contributed by atoms with Gasteiger partial charge in [0.15, 0.2) is 0 Å². The van der Waals surface area contributed by atoms with Gasteiger partial charge in [0.05, 0.1) is 12.2 Å². The monoisotopic (exact) mass is 433 g/mol. The molecule has 0 spiro atoms. The van der Waals surface area contributed by atoms with E-state index in [1.807, 2.05) is 0 Å². The maximum absolute atomic E-state index is 12.9. The van der Waals surface area contributed by atoms with E-state index in [2.05, 4.69) is 74.1 Å². The maximum Gasteiger partial charge on any atom is 0.222 e. The maximum atomic E-state index is 12.9. The Morgan fingerprint density at radius 2 is 1.58 bits per heavy atom. The zero-order valence-corrected chi connectivity index (χ0v) is 22.3. The SMILES string of the molecule is CC(C)(C)CC(N1CCCC1=O)C(C)(C)C(C)(C)CC(C1CCC2OC2C1)C(C)(C)C. The van der Waals surface area contributed by atoms with E-state index >= 15 is 0 Å². The number of nitrogens with zero attached hydrogens (tertiary/aromatic N) is 1. The molecule has 3 aliphatic rings. The van der Waals surface area contributed by atoms with Crippen molar-refractivity contribution in [3.05, 3.63) is 0 Å². The summed E-state index contributed by atoms with van der Waals surface area (Å²) in [5.41, 5.74) is 0.650. The van der Waals surface area contributed by atoms with Gasteiger partial charge in [-0.1, -0.05) is 69.2 Å². The molecule has 0 radical (unpaired) electrons. The van der Waals surface area contributed by atoms with Gasteiger partial charge in [-0.25, -0.2) is 0 Å². The lowest BCUT2D eigenvalue weighted by molar-refractivity contribution is -0.136. The normalized spacial score (nSPS) is 29.7. The van der Waals surface area contributed by atoms with Gasteiger partial charge in [0.1, 0.15) is 0 Å². The highest BCUT2D eigenvalue weighted by atomic mass is 16.6. The molecule has 1 aliphatic carbocycles. The first kappa shape index (κ1) is 25.1. The molecule has 0 aromatic rings. The zero-order chi connectivity index (χ0) is 23.4. The van der Waals surface area contributed by atoms with E-state index in [0.717, 1.165) is 31.7 Å². The molecule has 0 N–H and O–H groups in total. The van der Waals surface area contributed by atoms with Gasteiger partial charge in [0, 0.05) is 19.0 Å². The van der Waals surface area contributed by atoms with E-state index in [1.165, 1.54) is 25.7 Å². The average Bonchev–Trinajstić information content (AvgIpc) is 3.27. The number of hydrogen-bond donors (Lipinski definition) is 0. The van der Waals surface area contributed by atoms with Crippen LogP contribution in [-0.4, -0.2) is 35.6 Å². The van der Waals surface area contributed by atoms with Crippen molar-refractivity contribution in [3.63, 3.8) is 0 Å². The Morgan fingerprint density at radius 3 is 2.06 bits per heavy atom. The lowest BCUT2D eigenvalue weighted by atomic mass is 9.54. The fourth-order valence-electron chi connectivity index (χ4n) is 6.58. The number of epoxide rings is 1. The fraction of sp³-hybridized carbons (Fsp3) is 0.964. The second-order valence-corrected chi connectivity index (χ2v) is 14.5. The van der Waals surface area contributed by atoms with Crippen molar-refractivity contribution in [2.24, 2.45) is 33.5 Å². The lowest BCUT2D eigenvalue weighted by Gasteiger charge is -2.54. The minimum atomic E-state index is 0.0388. The third-order valence-corrected chi connectivity index (χ3v) is 9.33. The first-order valence-corrected chi connectivity index (χ1v) is 13.0. The number of ether oxygens (including phenoxy) is 1. The van der Waals surface area contributed by atoms with Gasteiger partial charge in [-0.3, -0.25) is 4.79 Å². The number of amides is 1. The van der Waals surface area contributed by atoms with Crippen LogP contribution in [0.1, 0.15) is 114 Å². The lowest BCUT2D eigenvalue weighted by Crippen LogP contribution is -2.54. The summed E-state index contributed by atoms with van der Waals surface area (Å²) in [6.45, 7) is 25.1. The summed E-state index contributed by atoms with van der Waals surface area (Å²) in [6.07, 6.45) is 8.95. The molecule has 3 heteroatoms. The van der Waals surface area contributed by atoms with Crippen LogP contribution < -0.4 is 0 Å². The third kappa shape index (κ3) is 5.50. The van der Waals surface area contributed by atoms with Gasteiger partial charge in [0.25, 0.3) is 0 Å². The molecule has 1 saturated carbocycles. The van der Waals surface area contributed by atoms with E-state index in [1.54, 1.807) is 0 Å². The first-order chi connectivity index (χ1) is 14.0. The summed E-state index contributed by atoms with van der Waals surface area (Å²) >= 11 is 0. The van der Waals surface area contributed by atoms with E-state index in [0.29, 0.717) is 30.1 Å². The summed E-state index contributed by atoms with van der Waals surface area (Å²) in [6, 6.07) is 0.292. The van der Waals surface area contributed by atoms with Crippen molar-refractivity contribution >= 4 is 5.91 Å². The molecule has 3 fully saturated rings. The number of hydrogen-bond acceptors (Lipinski definition) is 2. The zero-order valence-electron chi connectivity index (χ0n) is 22.3. The number of likely N-dealkylation sites (tertiary alicyclic amines) is 1. The molecule has 0 aromatic heterocycles. The second kappa shape index (κ2) is 8.33. The number of fused-ring (bicyclic) bond motifs is 1. The molecule has 1 amide bonds.